The van der Waals surface area contributed by atoms with Gasteiger partial charge in [0.2, 0.25) is 0 Å². The highest BCUT2D eigenvalue weighted by atomic mass is 16.5. The summed E-state index contributed by atoms with van der Waals surface area (Å²) < 4.78 is 6.98. The third kappa shape index (κ3) is 3.75. The first kappa shape index (κ1) is 15.8. The van der Waals surface area contributed by atoms with Gasteiger partial charge in [-0.1, -0.05) is 0 Å². The Morgan fingerprint density at radius 3 is 2.91 bits per heavy atom. The summed E-state index contributed by atoms with van der Waals surface area (Å²) in [6.07, 6.45) is 6.95. The second kappa shape index (κ2) is 6.93. The maximum atomic E-state index is 12.3. The van der Waals surface area contributed by atoms with Gasteiger partial charge >= 0.3 is 6.03 Å². The maximum Gasteiger partial charge on any atom is 0.317 e. The molecule has 1 unspecified atom stereocenters. The van der Waals surface area contributed by atoms with E-state index in [9.17, 15) is 4.79 Å². The van der Waals surface area contributed by atoms with E-state index >= 15 is 0 Å². The van der Waals surface area contributed by atoms with Crippen molar-refractivity contribution >= 4 is 6.03 Å². The highest BCUT2D eigenvalue weighted by Gasteiger charge is 2.16. The van der Waals surface area contributed by atoms with Crippen molar-refractivity contribution in [3.8, 4) is 5.75 Å². The summed E-state index contributed by atoms with van der Waals surface area (Å²) >= 11 is 0. The number of hydrogen-bond acceptors (Lipinski definition) is 4. The van der Waals surface area contributed by atoms with Gasteiger partial charge in [-0.05, 0) is 13.0 Å². The lowest BCUT2D eigenvalue weighted by molar-refractivity contribution is 0.203. The normalized spacial score (nSPS) is 11.8. The first-order chi connectivity index (χ1) is 10.5. The van der Waals surface area contributed by atoms with Crippen LogP contribution in [0.3, 0.4) is 0 Å². The maximum absolute atomic E-state index is 12.3. The number of carbonyl (C=O) groups excluding carboxylic acids is 1. The first-order valence-electron chi connectivity index (χ1n) is 6.98. The fourth-order valence-electron chi connectivity index (χ4n) is 2.19. The van der Waals surface area contributed by atoms with Crippen LogP contribution in [0.15, 0.2) is 30.9 Å². The molecule has 0 aliphatic carbocycles. The number of carbonyl (C=O) groups is 1. The highest BCUT2D eigenvalue weighted by Crippen LogP contribution is 2.23. The van der Waals surface area contributed by atoms with Gasteiger partial charge in [-0.15, -0.1) is 0 Å². The van der Waals surface area contributed by atoms with Gasteiger partial charge in [0.05, 0.1) is 32.1 Å². The molecule has 1 atom stereocenters. The molecule has 7 nitrogen and oxygen atoms in total. The fraction of sp³-hybridized carbons (Fsp3) is 0.400. The fourth-order valence-corrected chi connectivity index (χ4v) is 2.19. The Balaban J connectivity index is 1.98. The number of hydrogen-bond donors (Lipinski definition) is 1. The molecule has 1 N–H and O–H groups in total. The third-order valence-corrected chi connectivity index (χ3v) is 3.37. The molecule has 0 aromatic carbocycles. The quantitative estimate of drug-likeness (QED) is 0.913. The largest absolute Gasteiger partial charge is 0.495 e. The lowest BCUT2D eigenvalue weighted by Crippen LogP contribution is -2.38. The van der Waals surface area contributed by atoms with Crippen molar-refractivity contribution < 1.29 is 9.53 Å². The number of rotatable bonds is 5. The molecule has 0 aliphatic heterocycles. The van der Waals surface area contributed by atoms with Crippen LogP contribution in [-0.4, -0.2) is 39.9 Å². The lowest BCUT2D eigenvalue weighted by Gasteiger charge is -2.22. The predicted molar refractivity (Wildman–Crippen MR) is 82.4 cm³/mol. The predicted octanol–water partition coefficient (Wildman–Crippen LogP) is 1.73. The Kier molecular flexibility index (Phi) is 4.98. The molecule has 2 amide bonds. The summed E-state index contributed by atoms with van der Waals surface area (Å²) in [5.74, 6) is 0.658. The van der Waals surface area contributed by atoms with Gasteiger partial charge in [-0.25, -0.2) is 4.79 Å². The van der Waals surface area contributed by atoms with E-state index in [0.29, 0.717) is 12.3 Å². The number of aryl methyl sites for hydroxylation is 1. The van der Waals surface area contributed by atoms with Crippen LogP contribution in [0, 0.1) is 0 Å². The summed E-state index contributed by atoms with van der Waals surface area (Å²) in [6, 6.07) is 1.50. The van der Waals surface area contributed by atoms with Crippen LogP contribution in [0.5, 0.6) is 5.75 Å². The van der Waals surface area contributed by atoms with E-state index in [2.05, 4.69) is 15.4 Å². The second-order valence-electron chi connectivity index (χ2n) is 5.17. The van der Waals surface area contributed by atoms with Crippen molar-refractivity contribution in [1.82, 2.24) is 25.0 Å². The Hall–Kier alpha value is -2.57. The van der Waals surface area contributed by atoms with Crippen molar-refractivity contribution in [3.63, 3.8) is 0 Å². The van der Waals surface area contributed by atoms with E-state index in [0.717, 1.165) is 11.1 Å². The van der Waals surface area contributed by atoms with Gasteiger partial charge in [0, 0.05) is 37.6 Å². The molecule has 0 aliphatic rings. The smallest absolute Gasteiger partial charge is 0.317 e. The molecule has 22 heavy (non-hydrogen) atoms. The molecule has 118 valence electrons. The van der Waals surface area contributed by atoms with Crippen LogP contribution in [0.4, 0.5) is 4.79 Å². The zero-order valence-corrected chi connectivity index (χ0v) is 13.3. The average molecular weight is 303 g/mol. The van der Waals surface area contributed by atoms with Crippen molar-refractivity contribution in [1.29, 1.82) is 0 Å². The van der Waals surface area contributed by atoms with E-state index in [4.69, 9.17) is 4.74 Å². The number of urea groups is 1. The molecular formula is C15H21N5O2. The SMILES string of the molecule is COc1cnccc1C(C)NC(=O)N(C)Cc1cnn(C)c1. The van der Waals surface area contributed by atoms with Gasteiger partial charge in [0.1, 0.15) is 5.75 Å². The van der Waals surface area contributed by atoms with Crippen LogP contribution < -0.4 is 10.1 Å². The Morgan fingerprint density at radius 1 is 1.50 bits per heavy atom. The zero-order valence-electron chi connectivity index (χ0n) is 13.3. The third-order valence-electron chi connectivity index (χ3n) is 3.37. The number of aromatic nitrogens is 3. The van der Waals surface area contributed by atoms with E-state index in [1.165, 1.54) is 0 Å². The molecule has 2 heterocycles. The first-order valence-corrected chi connectivity index (χ1v) is 6.98. The molecule has 2 aromatic heterocycles. The summed E-state index contributed by atoms with van der Waals surface area (Å²) in [6.45, 7) is 2.41. The topological polar surface area (TPSA) is 72.3 Å². The number of methoxy groups -OCH3 is 1. The minimum Gasteiger partial charge on any atom is -0.495 e. The zero-order chi connectivity index (χ0) is 16.1. The molecule has 0 saturated heterocycles. The van der Waals surface area contributed by atoms with Gasteiger partial charge in [-0.2, -0.15) is 5.10 Å². The number of ether oxygens (including phenoxy) is 1. The van der Waals surface area contributed by atoms with E-state index in [-0.39, 0.29) is 12.1 Å². The van der Waals surface area contributed by atoms with E-state index < -0.39 is 0 Å². The van der Waals surface area contributed by atoms with E-state index in [1.807, 2.05) is 26.2 Å². The van der Waals surface area contributed by atoms with Crippen molar-refractivity contribution in [2.24, 2.45) is 7.05 Å². The van der Waals surface area contributed by atoms with Gasteiger partial charge in [0.25, 0.3) is 0 Å². The van der Waals surface area contributed by atoms with Gasteiger partial charge in [0.15, 0.2) is 0 Å². The van der Waals surface area contributed by atoms with Crippen LogP contribution in [0.25, 0.3) is 0 Å². The van der Waals surface area contributed by atoms with Crippen LogP contribution in [0.2, 0.25) is 0 Å². The summed E-state index contributed by atoms with van der Waals surface area (Å²) in [4.78, 5) is 17.9. The highest BCUT2D eigenvalue weighted by molar-refractivity contribution is 5.74. The molecule has 2 aromatic rings. The average Bonchev–Trinajstić information content (AvgIpc) is 2.92. The van der Waals surface area contributed by atoms with Crippen LogP contribution in [-0.2, 0) is 13.6 Å². The Labute approximate surface area is 129 Å². The van der Waals surface area contributed by atoms with Gasteiger partial charge < -0.3 is 15.0 Å². The molecular weight excluding hydrogens is 282 g/mol. The second-order valence-corrected chi connectivity index (χ2v) is 5.17. The molecule has 0 saturated carbocycles. The van der Waals surface area contributed by atoms with Crippen LogP contribution in [0.1, 0.15) is 24.1 Å². The summed E-state index contributed by atoms with van der Waals surface area (Å²) in [7, 11) is 5.18. The van der Waals surface area contributed by atoms with Crippen molar-refractivity contribution in [2.75, 3.05) is 14.2 Å². The molecule has 0 spiro atoms. The number of pyridine rings is 1. The van der Waals surface area contributed by atoms with Gasteiger partial charge in [-0.3, -0.25) is 9.67 Å². The summed E-state index contributed by atoms with van der Waals surface area (Å²) in [5, 5.41) is 7.04. The molecule has 7 heteroatoms. The molecule has 2 rings (SSSR count). The minimum absolute atomic E-state index is 0.157. The van der Waals surface area contributed by atoms with Crippen LogP contribution >= 0.6 is 0 Å². The lowest BCUT2D eigenvalue weighted by atomic mass is 10.1. The monoisotopic (exact) mass is 303 g/mol. The summed E-state index contributed by atoms with van der Waals surface area (Å²) in [5.41, 5.74) is 1.87. The Morgan fingerprint density at radius 2 is 2.27 bits per heavy atom. The molecule has 0 fully saturated rings. The Bertz CT molecular complexity index is 640. The molecule has 0 bridgehead atoms. The minimum atomic E-state index is -0.179. The number of amides is 2. The van der Waals surface area contributed by atoms with Crippen molar-refractivity contribution in [3.05, 3.63) is 42.0 Å². The van der Waals surface area contributed by atoms with Crippen molar-refractivity contribution in [2.45, 2.75) is 19.5 Å². The molecule has 0 radical (unpaired) electrons. The number of nitrogens with zero attached hydrogens (tertiary/aromatic N) is 4. The standard InChI is InChI=1S/C15H21N5O2/c1-11(13-5-6-16-8-14(13)22-4)18-15(21)19(2)9-12-7-17-20(3)10-12/h5-8,10-11H,9H2,1-4H3,(H,18,21). The number of nitrogens with one attached hydrogen (secondary N) is 1. The van der Waals surface area contributed by atoms with E-state index in [1.54, 1.807) is 42.3 Å².